The quantitative estimate of drug-likeness (QED) is 0.316. The fourth-order valence-electron chi connectivity index (χ4n) is 8.06. The van der Waals surface area contributed by atoms with Crippen LogP contribution in [0.4, 0.5) is 15.5 Å². The van der Waals surface area contributed by atoms with Crippen LogP contribution in [0, 0.1) is 5.92 Å². The van der Waals surface area contributed by atoms with Crippen LogP contribution in [0.5, 0.6) is 0 Å². The molecule has 2 aromatic rings. The van der Waals surface area contributed by atoms with E-state index in [4.69, 9.17) is 16.3 Å². The molecule has 4 heterocycles. The molecule has 1 spiro atoms. The first-order valence-corrected chi connectivity index (χ1v) is 19.1. The number of halogens is 2. The third-order valence-electron chi connectivity index (χ3n) is 10.1. The summed E-state index contributed by atoms with van der Waals surface area (Å²) in [6.45, 7) is 6.50. The molecule has 236 valence electrons. The molecule has 0 aliphatic carbocycles. The number of piperidine rings is 1. The molecule has 3 fully saturated rings. The summed E-state index contributed by atoms with van der Waals surface area (Å²) in [6, 6.07) is 12.7. The van der Waals surface area contributed by atoms with Gasteiger partial charge in [-0.1, -0.05) is 30.7 Å². The third-order valence-corrected chi connectivity index (χ3v) is 12.8. The molecule has 0 radical (unpaired) electrons. The third kappa shape index (κ3) is 5.27. The van der Waals surface area contributed by atoms with E-state index in [1.807, 2.05) is 42.2 Å². The maximum Gasteiger partial charge on any atom is 0.264 e. The Morgan fingerprint density at radius 2 is 1.86 bits per heavy atom. The Bertz CT molecular complexity index is 1450. The summed E-state index contributed by atoms with van der Waals surface area (Å²) in [5, 5.41) is 10.2. The van der Waals surface area contributed by atoms with Crippen molar-refractivity contribution in [3.63, 3.8) is 0 Å². The molecule has 4 aliphatic heterocycles. The maximum absolute atomic E-state index is 16.2. The molecule has 1 N–H and O–H groups in total. The molecule has 3 saturated heterocycles. The number of ether oxygens (including phenoxy) is 1. The number of rotatable bonds is 7. The van der Waals surface area contributed by atoms with Crippen LogP contribution in [0.3, 0.4) is 0 Å². The van der Waals surface area contributed by atoms with Crippen LogP contribution in [-0.2, 0) is 31.3 Å². The van der Waals surface area contributed by atoms with E-state index < -0.39 is 31.6 Å². The zero-order chi connectivity index (χ0) is 31.4. The molecule has 5 atom stereocenters. The average Bonchev–Trinajstić information content (AvgIpc) is 3.64. The van der Waals surface area contributed by atoms with Gasteiger partial charge >= 0.3 is 0 Å². The first-order valence-electron chi connectivity index (χ1n) is 15.7. The van der Waals surface area contributed by atoms with Crippen LogP contribution < -0.4 is 9.80 Å². The highest BCUT2D eigenvalue weighted by molar-refractivity contribution is 6.72. The lowest BCUT2D eigenvalue weighted by molar-refractivity contribution is -0.150. The minimum absolute atomic E-state index is 0.0481. The molecular formula is C33H41ClFN3O5Si. The minimum atomic E-state index is -3.45. The summed E-state index contributed by atoms with van der Waals surface area (Å²) in [6.07, 6.45) is 3.14. The van der Waals surface area contributed by atoms with Crippen molar-refractivity contribution < 1.29 is 28.3 Å². The van der Waals surface area contributed by atoms with Crippen LogP contribution >= 0.6 is 11.6 Å². The molecule has 0 aromatic heterocycles. The number of anilines is 2. The maximum atomic E-state index is 16.2. The molecule has 0 saturated carbocycles. The zero-order valence-electron chi connectivity index (χ0n) is 25.6. The van der Waals surface area contributed by atoms with Gasteiger partial charge in [-0.3, -0.25) is 14.4 Å². The highest BCUT2D eigenvalue weighted by Crippen LogP contribution is 2.60. The SMILES string of the molecule is C[C@@H]1[C@@H]([Si](C)(C)F)[C@H](CC(=O)N2CCC[C@H]2CO)O[C@@]12C(=O)N(Cc1ccc(N3CCCCC3=O)cc1)c1ccc(Cl)cc12. The normalized spacial score (nSPS) is 28.8. The predicted molar refractivity (Wildman–Crippen MR) is 170 cm³/mol. The number of carbonyl (C=O) groups excluding carboxylic acids is 3. The molecule has 4 aliphatic rings. The van der Waals surface area contributed by atoms with Gasteiger partial charge in [-0.25, -0.2) is 0 Å². The lowest BCUT2D eigenvalue weighted by Crippen LogP contribution is -2.45. The Morgan fingerprint density at radius 1 is 1.11 bits per heavy atom. The topological polar surface area (TPSA) is 90.4 Å². The minimum Gasteiger partial charge on any atom is -0.394 e. The van der Waals surface area contributed by atoms with E-state index >= 15 is 4.11 Å². The molecular weight excluding hydrogens is 601 g/mol. The van der Waals surface area contributed by atoms with E-state index in [1.54, 1.807) is 35.0 Å². The standard InChI is InChI=1S/C33H41ClFN3O5Si/c1-21-31(44(2,3)35)28(18-30(41)37-16-6-7-25(37)20-39)43-33(21)26-17-23(34)11-14-27(26)38(32(33)42)19-22-9-12-24(13-10-22)36-15-5-4-8-29(36)40/h9-14,17,21,25,28,31,39H,4-8,15-16,18-20H2,1-3H3/t21-,25+,28+,31-,33+/m1/s1. The van der Waals surface area contributed by atoms with Gasteiger partial charge < -0.3 is 28.7 Å². The molecule has 3 amide bonds. The van der Waals surface area contributed by atoms with Gasteiger partial charge in [0.2, 0.25) is 20.2 Å². The van der Waals surface area contributed by atoms with Gasteiger partial charge in [0.25, 0.3) is 5.91 Å². The van der Waals surface area contributed by atoms with E-state index in [-0.39, 0.29) is 43.3 Å². The Labute approximate surface area is 264 Å². The number of fused-ring (bicyclic) bond motifs is 2. The average molecular weight is 642 g/mol. The fraction of sp³-hybridized carbons (Fsp3) is 0.545. The van der Waals surface area contributed by atoms with Crippen LogP contribution in [0.1, 0.15) is 56.6 Å². The number of hydrogen-bond donors (Lipinski definition) is 1. The summed E-state index contributed by atoms with van der Waals surface area (Å²) in [7, 11) is -3.45. The molecule has 0 bridgehead atoms. The zero-order valence-corrected chi connectivity index (χ0v) is 27.4. The molecule has 6 rings (SSSR count). The van der Waals surface area contributed by atoms with Crippen LogP contribution in [-0.4, -0.2) is 68.0 Å². The number of carbonyl (C=O) groups is 3. The molecule has 11 heteroatoms. The van der Waals surface area contributed by atoms with Gasteiger partial charge in [0.1, 0.15) is 0 Å². The van der Waals surface area contributed by atoms with Gasteiger partial charge in [-0.05, 0) is 74.7 Å². The van der Waals surface area contributed by atoms with Crippen molar-refractivity contribution in [3.8, 4) is 0 Å². The van der Waals surface area contributed by atoms with Gasteiger partial charge in [-0.2, -0.15) is 0 Å². The van der Waals surface area contributed by atoms with Crippen molar-refractivity contribution >= 4 is 49.1 Å². The lowest BCUT2D eigenvalue weighted by Gasteiger charge is -2.31. The Kier molecular flexibility index (Phi) is 8.41. The van der Waals surface area contributed by atoms with E-state index in [1.165, 1.54) is 0 Å². The molecule has 2 aromatic carbocycles. The molecule has 44 heavy (non-hydrogen) atoms. The van der Waals surface area contributed by atoms with E-state index in [9.17, 15) is 19.5 Å². The van der Waals surface area contributed by atoms with Gasteiger partial charge in [0, 0.05) is 47.2 Å². The second-order valence-electron chi connectivity index (χ2n) is 13.3. The Hall–Kier alpha value is -2.79. The summed E-state index contributed by atoms with van der Waals surface area (Å²) in [4.78, 5) is 45.7. The monoisotopic (exact) mass is 641 g/mol. The van der Waals surface area contributed by atoms with Gasteiger partial charge in [0.05, 0.1) is 37.4 Å². The first-order chi connectivity index (χ1) is 21.0. The van der Waals surface area contributed by atoms with Crippen molar-refractivity contribution in [2.75, 3.05) is 29.5 Å². The number of aliphatic hydroxyl groups excluding tert-OH is 1. The second kappa shape index (κ2) is 11.9. The fourth-order valence-corrected chi connectivity index (χ4v) is 10.7. The number of nitrogens with zero attached hydrogens (tertiary/aromatic N) is 3. The van der Waals surface area contributed by atoms with Crippen LogP contribution in [0.15, 0.2) is 42.5 Å². The highest BCUT2D eigenvalue weighted by Gasteiger charge is 2.67. The summed E-state index contributed by atoms with van der Waals surface area (Å²) < 4.78 is 22.9. The predicted octanol–water partition coefficient (Wildman–Crippen LogP) is 5.55. The van der Waals surface area contributed by atoms with E-state index in [0.29, 0.717) is 35.8 Å². The first kappa shape index (κ1) is 31.2. The summed E-state index contributed by atoms with van der Waals surface area (Å²) in [5.41, 5.74) is 0.889. The van der Waals surface area contributed by atoms with E-state index in [2.05, 4.69) is 0 Å². The van der Waals surface area contributed by atoms with Crippen molar-refractivity contribution in [3.05, 3.63) is 58.6 Å². The summed E-state index contributed by atoms with van der Waals surface area (Å²) in [5.74, 6) is -0.885. The molecule has 8 nitrogen and oxygen atoms in total. The number of amides is 3. The molecule has 0 unspecified atom stereocenters. The van der Waals surface area contributed by atoms with Crippen molar-refractivity contribution in [1.29, 1.82) is 0 Å². The van der Waals surface area contributed by atoms with Gasteiger partial charge in [-0.15, -0.1) is 0 Å². The van der Waals surface area contributed by atoms with Crippen LogP contribution in [0.2, 0.25) is 23.7 Å². The smallest absolute Gasteiger partial charge is 0.264 e. The van der Waals surface area contributed by atoms with Crippen molar-refractivity contribution in [2.45, 2.75) is 88.4 Å². The number of hydrogen-bond acceptors (Lipinski definition) is 5. The lowest BCUT2D eigenvalue weighted by atomic mass is 9.82. The largest absolute Gasteiger partial charge is 0.394 e. The van der Waals surface area contributed by atoms with Crippen molar-refractivity contribution in [1.82, 2.24) is 4.90 Å². The highest BCUT2D eigenvalue weighted by atomic mass is 35.5. The number of likely N-dealkylation sites (tertiary alicyclic amines) is 1. The Balaban J connectivity index is 1.31. The number of aliphatic hydroxyl groups is 1. The van der Waals surface area contributed by atoms with Gasteiger partial charge in [0.15, 0.2) is 5.60 Å². The second-order valence-corrected chi connectivity index (χ2v) is 17.5. The summed E-state index contributed by atoms with van der Waals surface area (Å²) >= 11 is 6.49. The number of benzene rings is 2. The van der Waals surface area contributed by atoms with Crippen LogP contribution in [0.25, 0.3) is 0 Å². The Morgan fingerprint density at radius 3 is 2.55 bits per heavy atom. The van der Waals surface area contributed by atoms with E-state index in [0.717, 1.165) is 36.9 Å². The van der Waals surface area contributed by atoms with Crippen molar-refractivity contribution in [2.24, 2.45) is 5.92 Å².